The molecule has 1 heterocycles. The van der Waals surface area contributed by atoms with Gasteiger partial charge in [0, 0.05) is 21.4 Å². The van der Waals surface area contributed by atoms with Crippen molar-refractivity contribution in [3.05, 3.63) is 63.8 Å². The van der Waals surface area contributed by atoms with Crippen LogP contribution in [0.25, 0.3) is 0 Å². The van der Waals surface area contributed by atoms with E-state index in [0.717, 1.165) is 22.5 Å². The molecule has 3 rings (SSSR count). The Balaban J connectivity index is 1.82. The second-order valence-electron chi connectivity index (χ2n) is 5.29. The molecule has 0 aliphatic rings. The largest absolute Gasteiger partial charge is 0.339 e. The Labute approximate surface area is 150 Å². The van der Waals surface area contributed by atoms with Crippen LogP contribution in [-0.4, -0.2) is 15.2 Å². The van der Waals surface area contributed by atoms with Gasteiger partial charge < -0.3 is 10.6 Å². The first kappa shape index (κ1) is 16.5. The highest BCUT2D eigenvalue weighted by Gasteiger charge is 2.07. The first-order valence-corrected chi connectivity index (χ1v) is 8.03. The van der Waals surface area contributed by atoms with Crippen molar-refractivity contribution in [2.24, 2.45) is 0 Å². The Bertz CT molecular complexity index is 883. The van der Waals surface area contributed by atoms with Crippen LogP contribution in [0.15, 0.2) is 42.6 Å². The second kappa shape index (κ2) is 7.03. The van der Waals surface area contributed by atoms with Gasteiger partial charge in [-0.25, -0.2) is 0 Å². The van der Waals surface area contributed by atoms with Gasteiger partial charge in [-0.1, -0.05) is 29.3 Å². The topological polar surface area (TPSA) is 62.7 Å². The van der Waals surface area contributed by atoms with Gasteiger partial charge in [0.1, 0.15) is 0 Å². The van der Waals surface area contributed by atoms with Crippen molar-refractivity contribution in [2.45, 2.75) is 13.8 Å². The van der Waals surface area contributed by atoms with Gasteiger partial charge in [-0.3, -0.25) is 0 Å². The van der Waals surface area contributed by atoms with Gasteiger partial charge in [-0.05, 0) is 55.3 Å². The molecule has 0 spiro atoms. The molecule has 0 radical (unpaired) electrons. The van der Waals surface area contributed by atoms with Crippen molar-refractivity contribution in [1.29, 1.82) is 0 Å². The Morgan fingerprint density at radius 3 is 2.58 bits per heavy atom. The molecular weight excluding hydrogens is 345 g/mol. The van der Waals surface area contributed by atoms with Crippen LogP contribution in [0.4, 0.5) is 23.1 Å². The lowest BCUT2D eigenvalue weighted by molar-refractivity contribution is 0.981. The fourth-order valence-corrected chi connectivity index (χ4v) is 2.59. The van der Waals surface area contributed by atoms with Crippen LogP contribution in [0.2, 0.25) is 10.0 Å². The van der Waals surface area contributed by atoms with Gasteiger partial charge in [0.05, 0.1) is 6.20 Å². The predicted octanol–water partition coefficient (Wildman–Crippen LogP) is 5.28. The minimum atomic E-state index is 0.386. The number of hydrogen-bond donors (Lipinski definition) is 2. The third-order valence-corrected chi connectivity index (χ3v) is 4.17. The van der Waals surface area contributed by atoms with Crippen molar-refractivity contribution in [3.63, 3.8) is 0 Å². The lowest BCUT2D eigenvalue weighted by atomic mass is 10.2. The maximum Gasteiger partial charge on any atom is 0.249 e. The molecule has 24 heavy (non-hydrogen) atoms. The average molecular weight is 360 g/mol. The van der Waals surface area contributed by atoms with Crippen molar-refractivity contribution < 1.29 is 0 Å². The van der Waals surface area contributed by atoms with Crippen LogP contribution < -0.4 is 10.6 Å². The first-order valence-electron chi connectivity index (χ1n) is 7.28. The molecule has 0 unspecified atom stereocenters. The second-order valence-corrected chi connectivity index (χ2v) is 6.13. The van der Waals surface area contributed by atoms with Crippen LogP contribution in [0, 0.1) is 13.8 Å². The van der Waals surface area contributed by atoms with E-state index in [2.05, 4.69) is 25.8 Å². The fraction of sp³-hybridized carbons (Fsp3) is 0.118. The fourth-order valence-electron chi connectivity index (χ4n) is 2.19. The summed E-state index contributed by atoms with van der Waals surface area (Å²) >= 11 is 12.1. The first-order chi connectivity index (χ1) is 11.5. The lowest BCUT2D eigenvalue weighted by Gasteiger charge is -2.11. The minimum Gasteiger partial charge on any atom is -0.339 e. The number of hydrogen-bond acceptors (Lipinski definition) is 5. The molecule has 0 bridgehead atoms. The van der Waals surface area contributed by atoms with Crippen molar-refractivity contribution in [1.82, 2.24) is 15.2 Å². The number of rotatable bonds is 4. The van der Waals surface area contributed by atoms with E-state index >= 15 is 0 Å². The molecule has 0 atom stereocenters. The molecule has 0 saturated heterocycles. The average Bonchev–Trinajstić information content (AvgIpc) is 2.55. The highest BCUT2D eigenvalue weighted by molar-refractivity contribution is 6.31. The van der Waals surface area contributed by atoms with Crippen molar-refractivity contribution >= 4 is 46.3 Å². The molecule has 5 nitrogen and oxygen atoms in total. The Morgan fingerprint density at radius 2 is 1.79 bits per heavy atom. The highest BCUT2D eigenvalue weighted by atomic mass is 35.5. The highest BCUT2D eigenvalue weighted by Crippen LogP contribution is 2.26. The number of nitrogens with zero attached hydrogens (tertiary/aromatic N) is 3. The maximum absolute atomic E-state index is 6.13. The van der Waals surface area contributed by atoms with E-state index in [1.54, 1.807) is 6.20 Å². The van der Waals surface area contributed by atoms with E-state index < -0.39 is 0 Å². The number of aromatic nitrogens is 3. The van der Waals surface area contributed by atoms with E-state index in [-0.39, 0.29) is 0 Å². The molecule has 1 aromatic heterocycles. The van der Waals surface area contributed by atoms with Crippen LogP contribution in [0.5, 0.6) is 0 Å². The summed E-state index contributed by atoms with van der Waals surface area (Å²) in [6, 6.07) is 11.2. The van der Waals surface area contributed by atoms with Crippen molar-refractivity contribution in [2.75, 3.05) is 10.6 Å². The molecule has 2 N–H and O–H groups in total. The third kappa shape index (κ3) is 3.75. The quantitative estimate of drug-likeness (QED) is 0.663. The number of benzene rings is 2. The SMILES string of the molecule is Cc1cc(Cl)ccc1Nc1cnnc(Nc2cccc(Cl)c2C)n1. The molecule has 2 aromatic carbocycles. The number of aryl methyl sites for hydroxylation is 1. The van der Waals surface area contributed by atoms with E-state index in [0.29, 0.717) is 21.8 Å². The zero-order valence-corrected chi connectivity index (χ0v) is 14.7. The molecule has 0 fully saturated rings. The van der Waals surface area contributed by atoms with E-state index in [1.165, 1.54) is 0 Å². The van der Waals surface area contributed by atoms with Gasteiger partial charge >= 0.3 is 0 Å². The summed E-state index contributed by atoms with van der Waals surface area (Å²) in [6.07, 6.45) is 1.56. The smallest absolute Gasteiger partial charge is 0.249 e. The van der Waals surface area contributed by atoms with Crippen LogP contribution >= 0.6 is 23.2 Å². The zero-order chi connectivity index (χ0) is 17.1. The number of halogens is 2. The molecule has 0 saturated carbocycles. The predicted molar refractivity (Wildman–Crippen MR) is 98.8 cm³/mol. The Kier molecular flexibility index (Phi) is 4.83. The van der Waals surface area contributed by atoms with Crippen molar-refractivity contribution in [3.8, 4) is 0 Å². The lowest BCUT2D eigenvalue weighted by Crippen LogP contribution is -2.03. The molecule has 0 aliphatic carbocycles. The molecule has 0 amide bonds. The normalized spacial score (nSPS) is 10.5. The third-order valence-electron chi connectivity index (χ3n) is 3.52. The summed E-state index contributed by atoms with van der Waals surface area (Å²) in [5.74, 6) is 0.967. The van der Waals surface area contributed by atoms with E-state index in [9.17, 15) is 0 Å². The van der Waals surface area contributed by atoms with Crippen LogP contribution in [0.1, 0.15) is 11.1 Å². The van der Waals surface area contributed by atoms with Crippen LogP contribution in [0.3, 0.4) is 0 Å². The van der Waals surface area contributed by atoms with Gasteiger partial charge in [0.2, 0.25) is 5.95 Å². The Morgan fingerprint density at radius 1 is 0.958 bits per heavy atom. The van der Waals surface area contributed by atoms with Gasteiger partial charge in [-0.2, -0.15) is 10.1 Å². The summed E-state index contributed by atoms with van der Waals surface area (Å²) in [5.41, 5.74) is 3.69. The molecule has 3 aromatic rings. The molecule has 122 valence electrons. The summed E-state index contributed by atoms with van der Waals surface area (Å²) in [5, 5.41) is 15.7. The standard InChI is InChI=1S/C17H15Cl2N5/c1-10-8-12(18)6-7-14(10)21-16-9-20-24-17(23-16)22-15-5-3-4-13(19)11(15)2/h3-9H,1-2H3,(H2,21,22,23,24). The summed E-state index contributed by atoms with van der Waals surface area (Å²) in [6.45, 7) is 3.90. The molecular formula is C17H15Cl2N5. The molecule has 7 heteroatoms. The van der Waals surface area contributed by atoms with E-state index in [4.69, 9.17) is 23.2 Å². The van der Waals surface area contributed by atoms with Gasteiger partial charge in [0.15, 0.2) is 5.82 Å². The number of anilines is 4. The van der Waals surface area contributed by atoms with Gasteiger partial charge in [-0.15, -0.1) is 5.10 Å². The monoisotopic (exact) mass is 359 g/mol. The molecule has 0 aliphatic heterocycles. The maximum atomic E-state index is 6.13. The van der Waals surface area contributed by atoms with Gasteiger partial charge in [0.25, 0.3) is 0 Å². The number of nitrogens with one attached hydrogen (secondary N) is 2. The summed E-state index contributed by atoms with van der Waals surface area (Å²) < 4.78 is 0. The summed E-state index contributed by atoms with van der Waals surface area (Å²) in [7, 11) is 0. The summed E-state index contributed by atoms with van der Waals surface area (Å²) in [4.78, 5) is 4.43. The Hall–Kier alpha value is -2.37. The zero-order valence-electron chi connectivity index (χ0n) is 13.1. The van der Waals surface area contributed by atoms with E-state index in [1.807, 2.05) is 50.2 Å². The minimum absolute atomic E-state index is 0.386. The van der Waals surface area contributed by atoms with Crippen LogP contribution in [-0.2, 0) is 0 Å².